The molecular formula is C15H17Cl2N5O2. The lowest BCUT2D eigenvalue weighted by Crippen LogP contribution is -2.49. The summed E-state index contributed by atoms with van der Waals surface area (Å²) in [5, 5.41) is 7.54. The number of nitrogens with zero attached hydrogens (tertiary/aromatic N) is 4. The zero-order chi connectivity index (χ0) is 17.1. The van der Waals surface area contributed by atoms with Crippen LogP contribution in [0, 0.1) is 6.92 Å². The predicted octanol–water partition coefficient (Wildman–Crippen LogP) is 3.03. The maximum absolute atomic E-state index is 12.3. The van der Waals surface area contributed by atoms with E-state index in [9.17, 15) is 4.79 Å². The van der Waals surface area contributed by atoms with Crippen LogP contribution in [0.5, 0.6) is 0 Å². The summed E-state index contributed by atoms with van der Waals surface area (Å²) in [6.45, 7) is 5.09. The maximum atomic E-state index is 12.3. The summed E-state index contributed by atoms with van der Waals surface area (Å²) in [4.78, 5) is 20.5. The second-order valence-electron chi connectivity index (χ2n) is 5.55. The molecule has 128 valence electrons. The van der Waals surface area contributed by atoms with Crippen LogP contribution in [0.2, 0.25) is 10.0 Å². The molecule has 7 nitrogen and oxygen atoms in total. The third kappa shape index (κ3) is 4.17. The van der Waals surface area contributed by atoms with Crippen molar-refractivity contribution in [2.75, 3.05) is 31.5 Å². The number of amides is 2. The van der Waals surface area contributed by atoms with Crippen molar-refractivity contribution < 1.29 is 9.32 Å². The van der Waals surface area contributed by atoms with E-state index < -0.39 is 0 Å². The van der Waals surface area contributed by atoms with Crippen molar-refractivity contribution in [2.24, 2.45) is 0 Å². The first-order valence-corrected chi connectivity index (χ1v) is 8.29. The topological polar surface area (TPSA) is 74.5 Å². The van der Waals surface area contributed by atoms with Crippen LogP contribution in [0.15, 0.2) is 22.7 Å². The van der Waals surface area contributed by atoms with Gasteiger partial charge in [-0.1, -0.05) is 28.4 Å². The minimum absolute atomic E-state index is 0.174. The van der Waals surface area contributed by atoms with E-state index in [2.05, 4.69) is 20.4 Å². The Morgan fingerprint density at radius 3 is 2.67 bits per heavy atom. The van der Waals surface area contributed by atoms with Crippen LogP contribution < -0.4 is 5.32 Å². The zero-order valence-corrected chi connectivity index (χ0v) is 14.6. The van der Waals surface area contributed by atoms with Gasteiger partial charge in [-0.25, -0.2) is 4.79 Å². The first-order valence-electron chi connectivity index (χ1n) is 7.54. The summed E-state index contributed by atoms with van der Waals surface area (Å²) < 4.78 is 5.12. The molecule has 1 N–H and O–H groups in total. The van der Waals surface area contributed by atoms with E-state index in [0.717, 1.165) is 13.1 Å². The number of hydrogen-bond acceptors (Lipinski definition) is 5. The fraction of sp³-hybridized carbons (Fsp3) is 0.400. The molecule has 9 heteroatoms. The number of carbonyl (C=O) groups is 1. The average Bonchev–Trinajstić information content (AvgIpc) is 2.96. The van der Waals surface area contributed by atoms with Crippen molar-refractivity contribution >= 4 is 34.9 Å². The molecule has 1 aromatic heterocycles. The molecule has 0 aliphatic carbocycles. The van der Waals surface area contributed by atoms with Gasteiger partial charge in [-0.2, -0.15) is 4.98 Å². The number of benzene rings is 1. The second-order valence-corrected chi connectivity index (χ2v) is 6.40. The van der Waals surface area contributed by atoms with Crippen LogP contribution in [0.4, 0.5) is 10.5 Å². The third-order valence-electron chi connectivity index (χ3n) is 3.76. The Bertz CT molecular complexity index is 728. The highest BCUT2D eigenvalue weighted by Crippen LogP contribution is 2.25. The van der Waals surface area contributed by atoms with Gasteiger partial charge >= 0.3 is 6.03 Å². The van der Waals surface area contributed by atoms with Crippen molar-refractivity contribution in [3.63, 3.8) is 0 Å². The van der Waals surface area contributed by atoms with E-state index in [1.54, 1.807) is 30.0 Å². The molecule has 2 aromatic rings. The number of anilines is 1. The maximum Gasteiger partial charge on any atom is 0.321 e. The molecule has 1 saturated heterocycles. The molecule has 0 spiro atoms. The van der Waals surface area contributed by atoms with E-state index in [-0.39, 0.29) is 6.03 Å². The Labute approximate surface area is 149 Å². The summed E-state index contributed by atoms with van der Waals surface area (Å²) in [6, 6.07) is 4.81. The summed E-state index contributed by atoms with van der Waals surface area (Å²) in [6.07, 6.45) is 0. The van der Waals surface area contributed by atoms with Crippen LogP contribution in [-0.4, -0.2) is 52.2 Å². The van der Waals surface area contributed by atoms with E-state index in [4.69, 9.17) is 27.7 Å². The van der Waals surface area contributed by atoms with Crippen LogP contribution in [-0.2, 0) is 6.54 Å². The molecule has 0 bridgehead atoms. The molecule has 2 heterocycles. The second kappa shape index (κ2) is 7.38. The van der Waals surface area contributed by atoms with Crippen LogP contribution in [0.25, 0.3) is 0 Å². The van der Waals surface area contributed by atoms with Crippen molar-refractivity contribution in [1.82, 2.24) is 19.9 Å². The quantitative estimate of drug-likeness (QED) is 0.899. The number of rotatable bonds is 3. The standard InChI is InChI=1S/C15H17Cl2N5O2/c1-10-18-14(24-20-10)9-21-4-6-22(7-5-21)15(23)19-13-3-2-11(16)8-12(13)17/h2-3,8H,4-7,9H2,1H3,(H,19,23). The van der Waals surface area contributed by atoms with Gasteiger partial charge < -0.3 is 14.7 Å². The molecule has 0 radical (unpaired) electrons. The Hall–Kier alpha value is -1.83. The van der Waals surface area contributed by atoms with Gasteiger partial charge in [-0.15, -0.1) is 0 Å². The number of aromatic nitrogens is 2. The molecule has 1 aliphatic heterocycles. The van der Waals surface area contributed by atoms with Gasteiger partial charge in [-0.3, -0.25) is 4.90 Å². The Kier molecular flexibility index (Phi) is 5.23. The third-order valence-corrected chi connectivity index (χ3v) is 4.31. The van der Waals surface area contributed by atoms with E-state index in [0.29, 0.717) is 47.1 Å². The molecule has 1 aliphatic rings. The van der Waals surface area contributed by atoms with Gasteiger partial charge in [0.2, 0.25) is 5.89 Å². The molecule has 1 aromatic carbocycles. The van der Waals surface area contributed by atoms with Gasteiger partial charge in [0.1, 0.15) is 0 Å². The van der Waals surface area contributed by atoms with Gasteiger partial charge in [0.25, 0.3) is 0 Å². The normalized spacial score (nSPS) is 15.5. The van der Waals surface area contributed by atoms with Crippen molar-refractivity contribution in [2.45, 2.75) is 13.5 Å². The van der Waals surface area contributed by atoms with Gasteiger partial charge in [0.15, 0.2) is 5.82 Å². The van der Waals surface area contributed by atoms with E-state index in [1.165, 1.54) is 0 Å². The molecule has 0 atom stereocenters. The number of halogens is 2. The van der Waals surface area contributed by atoms with Gasteiger partial charge in [0, 0.05) is 31.2 Å². The molecule has 2 amide bonds. The van der Waals surface area contributed by atoms with Crippen LogP contribution >= 0.6 is 23.2 Å². The monoisotopic (exact) mass is 369 g/mol. The average molecular weight is 370 g/mol. The number of carbonyl (C=O) groups excluding carboxylic acids is 1. The molecular weight excluding hydrogens is 353 g/mol. The summed E-state index contributed by atoms with van der Waals surface area (Å²) >= 11 is 11.9. The lowest BCUT2D eigenvalue weighted by Gasteiger charge is -2.33. The Morgan fingerprint density at radius 1 is 1.29 bits per heavy atom. The highest BCUT2D eigenvalue weighted by Gasteiger charge is 2.22. The minimum Gasteiger partial charge on any atom is -0.338 e. The number of aryl methyl sites for hydroxylation is 1. The molecule has 0 saturated carbocycles. The highest BCUT2D eigenvalue weighted by molar-refractivity contribution is 6.36. The number of nitrogens with one attached hydrogen (secondary N) is 1. The van der Waals surface area contributed by atoms with Crippen molar-refractivity contribution in [1.29, 1.82) is 0 Å². The SMILES string of the molecule is Cc1noc(CN2CCN(C(=O)Nc3ccc(Cl)cc3Cl)CC2)n1. The summed E-state index contributed by atoms with van der Waals surface area (Å²) in [7, 11) is 0. The fourth-order valence-electron chi connectivity index (χ4n) is 2.49. The van der Waals surface area contributed by atoms with E-state index in [1.807, 2.05) is 0 Å². The van der Waals surface area contributed by atoms with Gasteiger partial charge in [-0.05, 0) is 25.1 Å². The lowest BCUT2D eigenvalue weighted by molar-refractivity contribution is 0.133. The van der Waals surface area contributed by atoms with Crippen LogP contribution in [0.1, 0.15) is 11.7 Å². The Morgan fingerprint density at radius 2 is 2.04 bits per heavy atom. The molecule has 24 heavy (non-hydrogen) atoms. The van der Waals surface area contributed by atoms with E-state index >= 15 is 0 Å². The molecule has 1 fully saturated rings. The van der Waals surface area contributed by atoms with Crippen LogP contribution in [0.3, 0.4) is 0 Å². The number of hydrogen-bond donors (Lipinski definition) is 1. The predicted molar refractivity (Wildman–Crippen MR) is 91.4 cm³/mol. The number of urea groups is 1. The van der Waals surface area contributed by atoms with Crippen molar-refractivity contribution in [3.8, 4) is 0 Å². The summed E-state index contributed by atoms with van der Waals surface area (Å²) in [5.74, 6) is 1.22. The smallest absolute Gasteiger partial charge is 0.321 e. The Balaban J connectivity index is 1.51. The van der Waals surface area contributed by atoms with Gasteiger partial charge in [0.05, 0.1) is 17.3 Å². The van der Waals surface area contributed by atoms with Crippen molar-refractivity contribution in [3.05, 3.63) is 40.0 Å². The lowest BCUT2D eigenvalue weighted by atomic mass is 10.3. The number of piperazine rings is 1. The molecule has 3 rings (SSSR count). The first-order chi connectivity index (χ1) is 11.5. The zero-order valence-electron chi connectivity index (χ0n) is 13.1. The fourth-order valence-corrected chi connectivity index (χ4v) is 2.95. The molecule has 0 unspecified atom stereocenters. The largest absolute Gasteiger partial charge is 0.338 e. The summed E-state index contributed by atoms with van der Waals surface area (Å²) in [5.41, 5.74) is 0.551. The minimum atomic E-state index is -0.174. The first kappa shape index (κ1) is 17.0. The highest BCUT2D eigenvalue weighted by atomic mass is 35.5.